The molecule has 1 amide bonds. The molecule has 0 aromatic heterocycles. The van der Waals surface area contributed by atoms with Gasteiger partial charge >= 0.3 is 0 Å². The second-order valence-corrected chi connectivity index (χ2v) is 7.76. The molecule has 1 atom stereocenters. The third-order valence-corrected chi connectivity index (χ3v) is 5.09. The van der Waals surface area contributed by atoms with Gasteiger partial charge in [0.25, 0.3) is 5.91 Å². The molecular formula is C23H34N3O3+. The third-order valence-electron chi connectivity index (χ3n) is 5.09. The van der Waals surface area contributed by atoms with Crippen molar-refractivity contribution in [1.29, 1.82) is 0 Å². The maximum atomic E-state index is 12.7. The number of carbonyl (C=O) groups excluding carboxylic acids is 1. The van der Waals surface area contributed by atoms with Crippen LogP contribution in [0.5, 0.6) is 11.5 Å². The van der Waals surface area contributed by atoms with Crippen LogP contribution in [0.2, 0.25) is 0 Å². The molecule has 6 heteroatoms. The van der Waals surface area contributed by atoms with Crippen molar-refractivity contribution >= 4 is 11.6 Å². The van der Waals surface area contributed by atoms with Crippen molar-refractivity contribution in [1.82, 2.24) is 4.90 Å². The molecule has 29 heavy (non-hydrogen) atoms. The summed E-state index contributed by atoms with van der Waals surface area (Å²) in [5, 5.41) is 0. The average molecular weight is 401 g/mol. The minimum atomic E-state index is 0.123. The summed E-state index contributed by atoms with van der Waals surface area (Å²) in [6.45, 7) is 3.83. The minimum Gasteiger partial charge on any atom is -0.493 e. The van der Waals surface area contributed by atoms with Crippen LogP contribution in [0.4, 0.5) is 5.69 Å². The third kappa shape index (κ3) is 6.12. The van der Waals surface area contributed by atoms with Crippen LogP contribution in [0.1, 0.15) is 16.7 Å². The van der Waals surface area contributed by atoms with E-state index in [4.69, 9.17) is 9.47 Å². The number of nitrogens with one attached hydrogen (secondary N) is 1. The number of rotatable bonds is 9. The Kier molecular flexibility index (Phi) is 7.91. The van der Waals surface area contributed by atoms with E-state index in [1.807, 2.05) is 40.3 Å². The van der Waals surface area contributed by atoms with Crippen LogP contribution in [-0.4, -0.2) is 59.8 Å². The largest absolute Gasteiger partial charge is 0.493 e. The van der Waals surface area contributed by atoms with E-state index in [9.17, 15) is 4.79 Å². The van der Waals surface area contributed by atoms with Gasteiger partial charge in [0.1, 0.15) is 6.54 Å². The van der Waals surface area contributed by atoms with Gasteiger partial charge in [0.2, 0.25) is 0 Å². The Morgan fingerprint density at radius 1 is 1.00 bits per heavy atom. The van der Waals surface area contributed by atoms with Crippen LogP contribution >= 0.6 is 0 Å². The topological polar surface area (TPSA) is 46.5 Å². The zero-order valence-corrected chi connectivity index (χ0v) is 18.7. The number of methoxy groups -OCH3 is 2. The van der Waals surface area contributed by atoms with Crippen molar-refractivity contribution in [3.63, 3.8) is 0 Å². The van der Waals surface area contributed by atoms with Gasteiger partial charge in [-0.05, 0) is 42.3 Å². The van der Waals surface area contributed by atoms with E-state index in [1.54, 1.807) is 19.1 Å². The first-order valence-electron chi connectivity index (χ1n) is 9.78. The monoisotopic (exact) mass is 400 g/mol. The molecule has 0 aliphatic carbocycles. The molecule has 0 radical (unpaired) electrons. The molecule has 0 heterocycles. The number of benzene rings is 2. The number of nitrogens with zero attached hydrogens (tertiary/aromatic N) is 2. The zero-order chi connectivity index (χ0) is 21.6. The number of hydrogen-bond donors (Lipinski definition) is 1. The Balaban J connectivity index is 1.96. The molecule has 1 N–H and O–H groups in total. The number of quaternary nitrogens is 1. The first-order chi connectivity index (χ1) is 13.7. The molecule has 0 bridgehead atoms. The van der Waals surface area contributed by atoms with Crippen LogP contribution in [0.25, 0.3) is 0 Å². The predicted octanol–water partition coefficient (Wildman–Crippen LogP) is 1.75. The lowest BCUT2D eigenvalue weighted by molar-refractivity contribution is -0.885. The van der Waals surface area contributed by atoms with Gasteiger partial charge in [0.05, 0.1) is 21.3 Å². The average Bonchev–Trinajstić information content (AvgIpc) is 2.69. The number of carbonyl (C=O) groups is 1. The van der Waals surface area contributed by atoms with E-state index >= 15 is 0 Å². The van der Waals surface area contributed by atoms with Crippen molar-refractivity contribution in [3.05, 3.63) is 53.1 Å². The number of hydrogen-bond acceptors (Lipinski definition) is 4. The first-order valence-corrected chi connectivity index (χ1v) is 9.78. The SMILES string of the molecule is COc1cc(C)c(C[NH+](C)CC(=O)N(C)Cc2ccc(N(C)C)cc2)cc1OC. The number of ether oxygens (including phenoxy) is 2. The first kappa shape index (κ1) is 22.6. The summed E-state index contributed by atoms with van der Waals surface area (Å²) in [5.41, 5.74) is 4.55. The fourth-order valence-electron chi connectivity index (χ4n) is 3.26. The van der Waals surface area contributed by atoms with Gasteiger partial charge in [-0.25, -0.2) is 0 Å². The molecule has 0 spiro atoms. The molecule has 2 rings (SSSR count). The highest BCUT2D eigenvalue weighted by molar-refractivity contribution is 5.76. The Morgan fingerprint density at radius 2 is 1.59 bits per heavy atom. The van der Waals surface area contributed by atoms with Gasteiger partial charge in [-0.2, -0.15) is 0 Å². The summed E-state index contributed by atoms with van der Waals surface area (Å²) in [6.07, 6.45) is 0. The van der Waals surface area contributed by atoms with Crippen LogP contribution in [0, 0.1) is 6.92 Å². The Hall–Kier alpha value is -2.73. The quantitative estimate of drug-likeness (QED) is 0.697. The van der Waals surface area contributed by atoms with E-state index in [1.165, 1.54) is 0 Å². The Bertz CT molecular complexity index is 819. The Morgan fingerprint density at radius 3 is 2.14 bits per heavy atom. The second-order valence-electron chi connectivity index (χ2n) is 7.76. The normalized spacial score (nSPS) is 11.7. The lowest BCUT2D eigenvalue weighted by Gasteiger charge is -2.21. The molecule has 0 aliphatic heterocycles. The zero-order valence-electron chi connectivity index (χ0n) is 18.7. The van der Waals surface area contributed by atoms with Gasteiger partial charge in [-0.3, -0.25) is 4.79 Å². The van der Waals surface area contributed by atoms with Gasteiger partial charge in [0.15, 0.2) is 18.0 Å². The van der Waals surface area contributed by atoms with Crippen molar-refractivity contribution in [3.8, 4) is 11.5 Å². The smallest absolute Gasteiger partial charge is 0.277 e. The van der Waals surface area contributed by atoms with Crippen LogP contribution < -0.4 is 19.3 Å². The van der Waals surface area contributed by atoms with E-state index in [-0.39, 0.29) is 5.91 Å². The van der Waals surface area contributed by atoms with Gasteiger partial charge < -0.3 is 24.2 Å². The summed E-state index contributed by atoms with van der Waals surface area (Å²) in [7, 11) is 11.2. The summed E-state index contributed by atoms with van der Waals surface area (Å²) >= 11 is 0. The minimum absolute atomic E-state index is 0.123. The molecule has 6 nitrogen and oxygen atoms in total. The molecule has 0 saturated heterocycles. The van der Waals surface area contributed by atoms with Crippen molar-refractivity contribution < 1.29 is 19.2 Å². The molecular weight excluding hydrogens is 366 g/mol. The standard InChI is InChI=1S/C23H33N3O3/c1-17-12-21(28-6)22(29-7)13-19(17)15-25(4)16-23(27)26(5)14-18-8-10-20(11-9-18)24(2)3/h8-13H,14-16H2,1-7H3/p+1. The van der Waals surface area contributed by atoms with Crippen molar-refractivity contribution in [2.24, 2.45) is 0 Å². The number of amides is 1. The number of aryl methyl sites for hydroxylation is 1. The van der Waals surface area contributed by atoms with Gasteiger partial charge in [-0.15, -0.1) is 0 Å². The summed E-state index contributed by atoms with van der Waals surface area (Å²) in [5.74, 6) is 1.56. The Labute approximate surface area is 174 Å². The lowest BCUT2D eigenvalue weighted by atomic mass is 10.1. The van der Waals surface area contributed by atoms with Crippen LogP contribution in [0.3, 0.4) is 0 Å². The van der Waals surface area contributed by atoms with Crippen molar-refractivity contribution in [2.75, 3.05) is 53.9 Å². The fourth-order valence-corrected chi connectivity index (χ4v) is 3.26. The summed E-state index contributed by atoms with van der Waals surface area (Å²) < 4.78 is 10.8. The van der Waals surface area contributed by atoms with Crippen LogP contribution in [0.15, 0.2) is 36.4 Å². The highest BCUT2D eigenvalue weighted by atomic mass is 16.5. The summed E-state index contributed by atoms with van der Waals surface area (Å²) in [4.78, 5) is 17.7. The number of anilines is 1. The highest BCUT2D eigenvalue weighted by Crippen LogP contribution is 2.29. The molecule has 2 aromatic carbocycles. The highest BCUT2D eigenvalue weighted by Gasteiger charge is 2.17. The lowest BCUT2D eigenvalue weighted by Crippen LogP contribution is -3.08. The molecule has 2 aromatic rings. The van der Waals surface area contributed by atoms with Gasteiger partial charge in [-0.1, -0.05) is 12.1 Å². The van der Waals surface area contributed by atoms with E-state index in [2.05, 4.69) is 36.1 Å². The molecule has 158 valence electrons. The second kappa shape index (κ2) is 10.2. The maximum absolute atomic E-state index is 12.7. The number of likely N-dealkylation sites (N-methyl/N-ethyl adjacent to an activating group) is 2. The molecule has 1 unspecified atom stereocenters. The van der Waals surface area contributed by atoms with Gasteiger partial charge in [0, 0.05) is 38.9 Å². The van der Waals surface area contributed by atoms with Crippen LogP contribution in [-0.2, 0) is 17.9 Å². The molecule has 0 saturated carbocycles. The fraction of sp³-hybridized carbons (Fsp3) is 0.435. The predicted molar refractivity (Wildman–Crippen MR) is 117 cm³/mol. The summed E-state index contributed by atoms with van der Waals surface area (Å²) in [6, 6.07) is 12.3. The van der Waals surface area contributed by atoms with Crippen molar-refractivity contribution in [2.45, 2.75) is 20.0 Å². The molecule has 0 fully saturated rings. The van der Waals surface area contributed by atoms with E-state index < -0.39 is 0 Å². The van der Waals surface area contributed by atoms with E-state index in [0.29, 0.717) is 18.8 Å². The molecule has 0 aliphatic rings. The maximum Gasteiger partial charge on any atom is 0.277 e. The van der Waals surface area contributed by atoms with E-state index in [0.717, 1.165) is 39.6 Å².